The van der Waals surface area contributed by atoms with Crippen molar-refractivity contribution in [2.75, 3.05) is 6.61 Å². The third-order valence-electron chi connectivity index (χ3n) is 3.77. The molecule has 1 N–H and O–H groups in total. The van der Waals surface area contributed by atoms with Crippen molar-refractivity contribution in [2.45, 2.75) is 32.3 Å². The van der Waals surface area contributed by atoms with Crippen LogP contribution in [0.25, 0.3) is 0 Å². The van der Waals surface area contributed by atoms with Crippen molar-refractivity contribution in [3.05, 3.63) is 65.2 Å². The molecule has 2 rings (SSSR count). The van der Waals surface area contributed by atoms with Gasteiger partial charge < -0.3 is 14.6 Å². The SMILES string of the molecule is Cc1cc([C@H](CC=O)CCO)ccc1OCc1ccccc1. The molecule has 1 atom stereocenters. The highest BCUT2D eigenvalue weighted by atomic mass is 16.5. The standard InChI is InChI=1S/C19H22O3/c1-15-13-18(17(9-11-20)10-12-21)7-8-19(15)22-14-16-5-3-2-4-6-16/h2-8,11,13,17,21H,9-10,12,14H2,1H3/t17-/m1/s1. The van der Waals surface area contributed by atoms with Crippen molar-refractivity contribution in [1.29, 1.82) is 0 Å². The number of rotatable bonds is 8. The number of aryl methyl sites for hydroxylation is 1. The van der Waals surface area contributed by atoms with Crippen LogP contribution >= 0.6 is 0 Å². The van der Waals surface area contributed by atoms with Gasteiger partial charge in [-0.2, -0.15) is 0 Å². The second-order valence-electron chi connectivity index (χ2n) is 5.41. The minimum absolute atomic E-state index is 0.0735. The Labute approximate surface area is 131 Å². The van der Waals surface area contributed by atoms with E-state index in [4.69, 9.17) is 9.84 Å². The Kier molecular flexibility index (Phi) is 6.16. The molecule has 0 saturated carbocycles. The number of aliphatic hydroxyl groups excluding tert-OH is 1. The van der Waals surface area contributed by atoms with E-state index >= 15 is 0 Å². The molecule has 0 unspecified atom stereocenters. The lowest BCUT2D eigenvalue weighted by Gasteiger charge is -2.16. The molecule has 116 valence electrons. The molecule has 0 spiro atoms. The molecule has 0 heterocycles. The average molecular weight is 298 g/mol. The predicted molar refractivity (Wildman–Crippen MR) is 87.1 cm³/mol. The molecule has 3 nitrogen and oxygen atoms in total. The average Bonchev–Trinajstić information content (AvgIpc) is 2.54. The molecule has 0 bridgehead atoms. The maximum atomic E-state index is 10.8. The van der Waals surface area contributed by atoms with Crippen LogP contribution in [-0.4, -0.2) is 18.0 Å². The van der Waals surface area contributed by atoms with E-state index in [0.717, 1.165) is 28.7 Å². The molecule has 0 radical (unpaired) electrons. The molecule has 0 aliphatic heterocycles. The Morgan fingerprint density at radius 1 is 1.18 bits per heavy atom. The summed E-state index contributed by atoms with van der Waals surface area (Å²) in [6.45, 7) is 2.62. The summed E-state index contributed by atoms with van der Waals surface area (Å²) in [4.78, 5) is 10.8. The van der Waals surface area contributed by atoms with Gasteiger partial charge in [0.2, 0.25) is 0 Å². The fourth-order valence-corrected chi connectivity index (χ4v) is 2.52. The van der Waals surface area contributed by atoms with Crippen molar-refractivity contribution in [1.82, 2.24) is 0 Å². The van der Waals surface area contributed by atoms with Gasteiger partial charge in [-0.15, -0.1) is 0 Å². The predicted octanol–water partition coefficient (Wildman–Crippen LogP) is 3.63. The normalized spacial score (nSPS) is 11.9. The lowest BCUT2D eigenvalue weighted by Crippen LogP contribution is -2.04. The van der Waals surface area contributed by atoms with E-state index in [0.29, 0.717) is 19.4 Å². The molecular weight excluding hydrogens is 276 g/mol. The van der Waals surface area contributed by atoms with E-state index in [1.165, 1.54) is 0 Å². The number of hydrogen-bond donors (Lipinski definition) is 1. The Bertz CT molecular complexity index is 593. The summed E-state index contributed by atoms with van der Waals surface area (Å²) >= 11 is 0. The van der Waals surface area contributed by atoms with Crippen LogP contribution in [0.3, 0.4) is 0 Å². The summed E-state index contributed by atoms with van der Waals surface area (Å²) in [7, 11) is 0. The Balaban J connectivity index is 2.06. The number of carbonyl (C=O) groups excluding carboxylic acids is 1. The molecule has 0 saturated heterocycles. The van der Waals surface area contributed by atoms with Gasteiger partial charge in [-0.05, 0) is 42.0 Å². The maximum absolute atomic E-state index is 10.8. The lowest BCUT2D eigenvalue weighted by atomic mass is 9.92. The van der Waals surface area contributed by atoms with E-state index < -0.39 is 0 Å². The van der Waals surface area contributed by atoms with Crippen LogP contribution in [-0.2, 0) is 11.4 Å². The summed E-state index contributed by atoms with van der Waals surface area (Å²) in [6.07, 6.45) is 1.95. The van der Waals surface area contributed by atoms with E-state index in [1.807, 2.05) is 55.5 Å². The van der Waals surface area contributed by atoms with Gasteiger partial charge in [0.05, 0.1) is 0 Å². The van der Waals surface area contributed by atoms with Crippen LogP contribution in [0.15, 0.2) is 48.5 Å². The Morgan fingerprint density at radius 2 is 1.95 bits per heavy atom. The van der Waals surface area contributed by atoms with E-state index in [-0.39, 0.29) is 12.5 Å². The van der Waals surface area contributed by atoms with Crippen LogP contribution in [0.2, 0.25) is 0 Å². The van der Waals surface area contributed by atoms with Crippen molar-refractivity contribution in [2.24, 2.45) is 0 Å². The Hall–Kier alpha value is -2.13. The van der Waals surface area contributed by atoms with Crippen LogP contribution < -0.4 is 4.74 Å². The minimum atomic E-state index is 0.0735. The zero-order chi connectivity index (χ0) is 15.8. The second-order valence-corrected chi connectivity index (χ2v) is 5.41. The van der Waals surface area contributed by atoms with E-state index in [2.05, 4.69) is 0 Å². The van der Waals surface area contributed by atoms with Crippen molar-refractivity contribution >= 4 is 6.29 Å². The Morgan fingerprint density at radius 3 is 2.59 bits per heavy atom. The summed E-state index contributed by atoms with van der Waals surface area (Å²) in [5.41, 5.74) is 3.25. The fourth-order valence-electron chi connectivity index (χ4n) is 2.52. The van der Waals surface area contributed by atoms with Gasteiger partial charge in [-0.25, -0.2) is 0 Å². The lowest BCUT2D eigenvalue weighted by molar-refractivity contribution is -0.108. The fraction of sp³-hybridized carbons (Fsp3) is 0.316. The van der Waals surface area contributed by atoms with Gasteiger partial charge in [0.25, 0.3) is 0 Å². The first-order valence-electron chi connectivity index (χ1n) is 7.56. The molecule has 0 aliphatic carbocycles. The molecule has 2 aromatic carbocycles. The van der Waals surface area contributed by atoms with Crippen LogP contribution in [0, 0.1) is 6.92 Å². The van der Waals surface area contributed by atoms with E-state index in [9.17, 15) is 4.79 Å². The third kappa shape index (κ3) is 4.43. The highest BCUT2D eigenvalue weighted by Crippen LogP contribution is 2.28. The number of carbonyl (C=O) groups is 1. The molecule has 0 amide bonds. The largest absolute Gasteiger partial charge is 0.489 e. The summed E-state index contributed by atoms with van der Waals surface area (Å²) in [5, 5.41) is 9.12. The molecule has 0 fully saturated rings. The minimum Gasteiger partial charge on any atom is -0.489 e. The van der Waals surface area contributed by atoms with Gasteiger partial charge in [-0.1, -0.05) is 42.5 Å². The topological polar surface area (TPSA) is 46.5 Å². The smallest absolute Gasteiger partial charge is 0.122 e. The summed E-state index contributed by atoms with van der Waals surface area (Å²) in [5.74, 6) is 0.922. The number of ether oxygens (including phenoxy) is 1. The molecular formula is C19H22O3. The number of aldehydes is 1. The van der Waals surface area contributed by atoms with Gasteiger partial charge in [0.1, 0.15) is 18.6 Å². The van der Waals surface area contributed by atoms with Gasteiger partial charge in [-0.3, -0.25) is 0 Å². The van der Waals surface area contributed by atoms with Crippen molar-refractivity contribution in [3.63, 3.8) is 0 Å². The molecule has 0 aromatic heterocycles. The molecule has 22 heavy (non-hydrogen) atoms. The van der Waals surface area contributed by atoms with Crippen LogP contribution in [0.1, 0.15) is 35.4 Å². The zero-order valence-corrected chi connectivity index (χ0v) is 12.9. The first-order valence-corrected chi connectivity index (χ1v) is 7.56. The molecule has 0 aliphatic rings. The van der Waals surface area contributed by atoms with Crippen LogP contribution in [0.4, 0.5) is 0 Å². The number of benzene rings is 2. The molecule has 3 heteroatoms. The first-order chi connectivity index (χ1) is 10.7. The third-order valence-corrected chi connectivity index (χ3v) is 3.77. The first kappa shape index (κ1) is 16.2. The maximum Gasteiger partial charge on any atom is 0.122 e. The van der Waals surface area contributed by atoms with E-state index in [1.54, 1.807) is 0 Å². The molecule has 2 aromatic rings. The monoisotopic (exact) mass is 298 g/mol. The van der Waals surface area contributed by atoms with Gasteiger partial charge in [0.15, 0.2) is 0 Å². The summed E-state index contributed by atoms with van der Waals surface area (Å²) in [6, 6.07) is 16.0. The highest BCUT2D eigenvalue weighted by Gasteiger charge is 2.12. The number of hydrogen-bond acceptors (Lipinski definition) is 3. The van der Waals surface area contributed by atoms with Gasteiger partial charge in [0, 0.05) is 13.0 Å². The highest BCUT2D eigenvalue weighted by molar-refractivity contribution is 5.52. The van der Waals surface area contributed by atoms with Gasteiger partial charge >= 0.3 is 0 Å². The second kappa shape index (κ2) is 8.35. The van der Waals surface area contributed by atoms with Crippen LogP contribution in [0.5, 0.6) is 5.75 Å². The zero-order valence-electron chi connectivity index (χ0n) is 12.9. The number of aliphatic hydroxyl groups is 1. The quantitative estimate of drug-likeness (QED) is 0.757. The van der Waals surface area contributed by atoms with Crippen molar-refractivity contribution < 1.29 is 14.6 Å². The summed E-state index contributed by atoms with van der Waals surface area (Å²) < 4.78 is 5.86. The van der Waals surface area contributed by atoms with Crippen molar-refractivity contribution in [3.8, 4) is 5.75 Å².